The number of benzene rings is 2. The van der Waals surface area contributed by atoms with Gasteiger partial charge < -0.3 is 19.8 Å². The van der Waals surface area contributed by atoms with E-state index in [0.717, 1.165) is 39.7 Å². The molecule has 0 atom stereocenters. The van der Waals surface area contributed by atoms with E-state index in [1.807, 2.05) is 37.3 Å². The van der Waals surface area contributed by atoms with Crippen LogP contribution in [0.4, 0.5) is 0 Å². The standard InChI is InChI=1S/C20H21N3O3S/c1-13-2-4-15-16(10-13)23-20(22-15)27-12-19(24)21-7-6-14-3-5-17-18(11-14)26-9-8-25-17/h2-5,10-11H,6-9,12H2,1H3,(H,21,24)(H,22,23). The van der Waals surface area contributed by atoms with Crippen LogP contribution < -0.4 is 14.8 Å². The molecular weight excluding hydrogens is 362 g/mol. The number of aromatic amines is 1. The summed E-state index contributed by atoms with van der Waals surface area (Å²) in [7, 11) is 0. The van der Waals surface area contributed by atoms with Gasteiger partial charge in [0, 0.05) is 6.54 Å². The molecule has 6 nitrogen and oxygen atoms in total. The monoisotopic (exact) mass is 383 g/mol. The summed E-state index contributed by atoms with van der Waals surface area (Å²) in [4.78, 5) is 19.8. The van der Waals surface area contributed by atoms with Crippen molar-refractivity contribution in [3.05, 3.63) is 47.5 Å². The van der Waals surface area contributed by atoms with Crippen LogP contribution in [-0.2, 0) is 11.2 Å². The van der Waals surface area contributed by atoms with E-state index in [1.165, 1.54) is 17.3 Å². The smallest absolute Gasteiger partial charge is 0.230 e. The fourth-order valence-corrected chi connectivity index (χ4v) is 3.66. The lowest BCUT2D eigenvalue weighted by Gasteiger charge is -2.18. The zero-order valence-electron chi connectivity index (χ0n) is 15.1. The number of carbonyl (C=O) groups is 1. The van der Waals surface area contributed by atoms with Crippen LogP contribution in [0.5, 0.6) is 11.5 Å². The molecule has 2 N–H and O–H groups in total. The van der Waals surface area contributed by atoms with Crippen LogP contribution in [-0.4, -0.2) is 41.4 Å². The first-order chi connectivity index (χ1) is 13.2. The molecule has 27 heavy (non-hydrogen) atoms. The van der Waals surface area contributed by atoms with Crippen molar-refractivity contribution >= 4 is 28.7 Å². The number of nitrogens with one attached hydrogen (secondary N) is 2. The molecule has 0 spiro atoms. The first-order valence-electron chi connectivity index (χ1n) is 8.92. The van der Waals surface area contributed by atoms with Gasteiger partial charge in [0.15, 0.2) is 16.7 Å². The van der Waals surface area contributed by atoms with Gasteiger partial charge in [0.05, 0.1) is 16.8 Å². The van der Waals surface area contributed by atoms with Gasteiger partial charge in [0.25, 0.3) is 0 Å². The molecule has 0 saturated heterocycles. The van der Waals surface area contributed by atoms with Crippen molar-refractivity contribution in [2.75, 3.05) is 25.5 Å². The summed E-state index contributed by atoms with van der Waals surface area (Å²) >= 11 is 1.41. The highest BCUT2D eigenvalue weighted by atomic mass is 32.2. The molecule has 2 heterocycles. The second-order valence-electron chi connectivity index (χ2n) is 6.43. The number of H-pyrrole nitrogens is 1. The highest BCUT2D eigenvalue weighted by molar-refractivity contribution is 7.99. The van der Waals surface area contributed by atoms with E-state index < -0.39 is 0 Å². The number of aryl methyl sites for hydroxylation is 1. The van der Waals surface area contributed by atoms with Crippen LogP contribution >= 0.6 is 11.8 Å². The summed E-state index contributed by atoms with van der Waals surface area (Å²) in [5, 5.41) is 3.71. The predicted molar refractivity (Wildman–Crippen MR) is 106 cm³/mol. The third kappa shape index (κ3) is 4.36. The minimum Gasteiger partial charge on any atom is -0.486 e. The number of carbonyl (C=O) groups excluding carboxylic acids is 1. The van der Waals surface area contributed by atoms with Gasteiger partial charge in [-0.25, -0.2) is 4.98 Å². The molecule has 0 radical (unpaired) electrons. The molecule has 0 saturated carbocycles. The van der Waals surface area contributed by atoms with Gasteiger partial charge in [-0.15, -0.1) is 0 Å². The van der Waals surface area contributed by atoms with Crippen molar-refractivity contribution in [1.82, 2.24) is 15.3 Å². The number of imidazole rings is 1. The molecule has 0 aliphatic carbocycles. The number of rotatable bonds is 6. The van der Waals surface area contributed by atoms with E-state index in [-0.39, 0.29) is 5.91 Å². The Morgan fingerprint density at radius 2 is 2.04 bits per heavy atom. The second kappa shape index (κ2) is 7.92. The normalized spacial score (nSPS) is 12.9. The second-order valence-corrected chi connectivity index (χ2v) is 7.39. The lowest BCUT2D eigenvalue weighted by Crippen LogP contribution is -2.27. The number of ether oxygens (including phenoxy) is 2. The largest absolute Gasteiger partial charge is 0.486 e. The molecule has 0 bridgehead atoms. The lowest BCUT2D eigenvalue weighted by atomic mass is 10.1. The van der Waals surface area contributed by atoms with Gasteiger partial charge in [0.2, 0.25) is 5.91 Å². The Morgan fingerprint density at radius 3 is 2.93 bits per heavy atom. The Kier molecular flexibility index (Phi) is 5.20. The van der Waals surface area contributed by atoms with Crippen LogP contribution in [0.2, 0.25) is 0 Å². The molecule has 1 aliphatic rings. The van der Waals surface area contributed by atoms with Gasteiger partial charge in [-0.05, 0) is 48.7 Å². The molecule has 0 fully saturated rings. The maximum absolute atomic E-state index is 12.1. The third-order valence-electron chi connectivity index (χ3n) is 4.30. The predicted octanol–water partition coefficient (Wildman–Crippen LogP) is 3.09. The maximum atomic E-state index is 12.1. The van der Waals surface area contributed by atoms with E-state index in [9.17, 15) is 4.79 Å². The topological polar surface area (TPSA) is 76.2 Å². The average molecular weight is 383 g/mol. The van der Waals surface area contributed by atoms with E-state index in [1.54, 1.807) is 0 Å². The Bertz CT molecular complexity index is 970. The summed E-state index contributed by atoms with van der Waals surface area (Å²) < 4.78 is 11.1. The Labute approximate surface area is 161 Å². The SMILES string of the molecule is Cc1ccc2nc(SCC(=O)NCCc3ccc4c(c3)OCCO4)[nH]c2c1. The number of hydrogen-bond donors (Lipinski definition) is 2. The van der Waals surface area contributed by atoms with Crippen molar-refractivity contribution in [2.45, 2.75) is 18.5 Å². The molecule has 1 amide bonds. The van der Waals surface area contributed by atoms with Crippen molar-refractivity contribution in [2.24, 2.45) is 0 Å². The summed E-state index contributed by atoms with van der Waals surface area (Å²) in [5.74, 6) is 1.89. The van der Waals surface area contributed by atoms with Gasteiger partial charge in [-0.2, -0.15) is 0 Å². The molecule has 1 aliphatic heterocycles. The van der Waals surface area contributed by atoms with Gasteiger partial charge in [0.1, 0.15) is 13.2 Å². The quantitative estimate of drug-likeness (QED) is 0.640. The molecule has 140 valence electrons. The van der Waals surface area contributed by atoms with Crippen LogP contribution in [0.1, 0.15) is 11.1 Å². The average Bonchev–Trinajstić information content (AvgIpc) is 3.08. The van der Waals surface area contributed by atoms with Gasteiger partial charge >= 0.3 is 0 Å². The molecule has 7 heteroatoms. The van der Waals surface area contributed by atoms with Crippen LogP contribution in [0.3, 0.4) is 0 Å². The highest BCUT2D eigenvalue weighted by Crippen LogP contribution is 2.30. The minimum absolute atomic E-state index is 0.00539. The summed E-state index contributed by atoms with van der Waals surface area (Å²) in [6.45, 7) is 3.79. The number of thioether (sulfide) groups is 1. The Hall–Kier alpha value is -2.67. The van der Waals surface area contributed by atoms with E-state index >= 15 is 0 Å². The molecule has 3 aromatic rings. The fraction of sp³-hybridized carbons (Fsp3) is 0.300. The van der Waals surface area contributed by atoms with Crippen LogP contribution in [0, 0.1) is 6.92 Å². The van der Waals surface area contributed by atoms with E-state index in [4.69, 9.17) is 9.47 Å². The Balaban J connectivity index is 1.24. The first kappa shape index (κ1) is 17.7. The molecule has 0 unspecified atom stereocenters. The first-order valence-corrected chi connectivity index (χ1v) is 9.90. The number of fused-ring (bicyclic) bond motifs is 2. The zero-order valence-corrected chi connectivity index (χ0v) is 15.9. The highest BCUT2D eigenvalue weighted by Gasteiger charge is 2.12. The van der Waals surface area contributed by atoms with E-state index in [2.05, 4.69) is 21.4 Å². The van der Waals surface area contributed by atoms with Gasteiger partial charge in [-0.3, -0.25) is 4.79 Å². The van der Waals surface area contributed by atoms with E-state index in [0.29, 0.717) is 25.5 Å². The summed E-state index contributed by atoms with van der Waals surface area (Å²) in [5.41, 5.74) is 4.21. The van der Waals surface area contributed by atoms with Crippen LogP contribution in [0.25, 0.3) is 11.0 Å². The van der Waals surface area contributed by atoms with Crippen molar-refractivity contribution in [3.8, 4) is 11.5 Å². The van der Waals surface area contributed by atoms with Crippen molar-refractivity contribution in [3.63, 3.8) is 0 Å². The lowest BCUT2D eigenvalue weighted by molar-refractivity contribution is -0.118. The summed E-state index contributed by atoms with van der Waals surface area (Å²) in [6, 6.07) is 12.0. The molecular formula is C20H21N3O3S. The molecule has 4 rings (SSSR count). The molecule has 2 aromatic carbocycles. The third-order valence-corrected chi connectivity index (χ3v) is 5.17. The number of nitrogens with zero attached hydrogens (tertiary/aromatic N) is 1. The summed E-state index contributed by atoms with van der Waals surface area (Å²) in [6.07, 6.45) is 0.747. The van der Waals surface area contributed by atoms with Crippen LogP contribution in [0.15, 0.2) is 41.6 Å². The van der Waals surface area contributed by atoms with Crippen molar-refractivity contribution < 1.29 is 14.3 Å². The minimum atomic E-state index is -0.00539. The number of aromatic nitrogens is 2. The molecule has 1 aromatic heterocycles. The number of amides is 1. The number of hydrogen-bond acceptors (Lipinski definition) is 5. The fourth-order valence-electron chi connectivity index (χ4n) is 2.94. The maximum Gasteiger partial charge on any atom is 0.230 e. The van der Waals surface area contributed by atoms with Crippen molar-refractivity contribution in [1.29, 1.82) is 0 Å². The Morgan fingerprint density at radius 1 is 1.19 bits per heavy atom. The zero-order chi connectivity index (χ0) is 18.6. The van der Waals surface area contributed by atoms with Gasteiger partial charge in [-0.1, -0.05) is 23.9 Å².